The molecule has 1 rings (SSSR count). The third kappa shape index (κ3) is 3.60. The van der Waals surface area contributed by atoms with E-state index in [2.05, 4.69) is 22.8 Å². The second-order valence-electron chi connectivity index (χ2n) is 4.10. The molecule has 18 heavy (non-hydrogen) atoms. The molecule has 8 heteroatoms. The van der Waals surface area contributed by atoms with E-state index >= 15 is 0 Å². The molecule has 0 atom stereocenters. The van der Waals surface area contributed by atoms with Crippen molar-refractivity contribution in [3.05, 3.63) is 12.1 Å². The van der Waals surface area contributed by atoms with Crippen LogP contribution >= 0.6 is 0 Å². The van der Waals surface area contributed by atoms with E-state index in [4.69, 9.17) is 0 Å². The molecular formula is C10H14As4O4. The summed E-state index contributed by atoms with van der Waals surface area (Å²) < 4.78 is 47.9. The third-order valence-electron chi connectivity index (χ3n) is 2.42. The van der Waals surface area contributed by atoms with Crippen LogP contribution in [-0.2, 0) is 15.0 Å². The van der Waals surface area contributed by atoms with Gasteiger partial charge in [0.25, 0.3) is 0 Å². The SMILES string of the molecule is C[As](C)c1ccc([As](=O)=O)c([As](=O)=O)c1[As](C)C. The minimum absolute atomic E-state index is 0.0742. The summed E-state index contributed by atoms with van der Waals surface area (Å²) >= 11 is -9.96. The summed E-state index contributed by atoms with van der Waals surface area (Å²) in [7, 11) is 0. The molecule has 0 aliphatic carbocycles. The molecule has 0 aliphatic heterocycles. The molecule has 0 aliphatic rings. The van der Waals surface area contributed by atoms with Gasteiger partial charge in [0.05, 0.1) is 0 Å². The van der Waals surface area contributed by atoms with Gasteiger partial charge in [0.1, 0.15) is 0 Å². The van der Waals surface area contributed by atoms with Crippen LogP contribution in [0.3, 0.4) is 0 Å². The summed E-state index contributed by atoms with van der Waals surface area (Å²) in [5.74, 6) is 0. The van der Waals surface area contributed by atoms with Gasteiger partial charge in [0.2, 0.25) is 0 Å². The predicted octanol–water partition coefficient (Wildman–Crippen LogP) is -1.28. The van der Waals surface area contributed by atoms with Crippen molar-refractivity contribution in [2.24, 2.45) is 0 Å². The Morgan fingerprint density at radius 2 is 1.17 bits per heavy atom. The number of rotatable bonds is 4. The molecule has 0 aromatic heterocycles. The van der Waals surface area contributed by atoms with Gasteiger partial charge in [-0.3, -0.25) is 0 Å². The van der Waals surface area contributed by atoms with Gasteiger partial charge < -0.3 is 0 Å². The van der Waals surface area contributed by atoms with Gasteiger partial charge in [-0.1, -0.05) is 0 Å². The van der Waals surface area contributed by atoms with Gasteiger partial charge >= 0.3 is 126 Å². The van der Waals surface area contributed by atoms with E-state index in [1.807, 2.05) is 6.07 Å². The molecule has 0 radical (unpaired) electrons. The topological polar surface area (TPSA) is 68.3 Å². The normalized spacial score (nSPS) is 11.0. The zero-order valence-electron chi connectivity index (χ0n) is 10.6. The number of benzene rings is 1. The molecule has 4 nitrogen and oxygen atoms in total. The van der Waals surface area contributed by atoms with Crippen molar-refractivity contribution < 1.29 is 15.0 Å². The predicted molar refractivity (Wildman–Crippen MR) is 74.2 cm³/mol. The molecule has 0 bridgehead atoms. The molecule has 98 valence electrons. The van der Waals surface area contributed by atoms with Crippen LogP contribution in [0.4, 0.5) is 0 Å². The summed E-state index contributed by atoms with van der Waals surface area (Å²) in [6, 6.07) is 3.34. The van der Waals surface area contributed by atoms with Crippen LogP contribution in [0.5, 0.6) is 0 Å². The molecule has 0 heterocycles. The van der Waals surface area contributed by atoms with E-state index in [9.17, 15) is 15.0 Å². The molecule has 0 saturated heterocycles. The van der Waals surface area contributed by atoms with Crippen LogP contribution in [0.15, 0.2) is 12.1 Å². The second-order valence-corrected chi connectivity index (χ2v) is 17.7. The zero-order valence-corrected chi connectivity index (χ0v) is 18.1. The van der Waals surface area contributed by atoms with Crippen molar-refractivity contribution >= 4 is 75.8 Å². The van der Waals surface area contributed by atoms with Crippen molar-refractivity contribution in [1.29, 1.82) is 0 Å². The third-order valence-corrected chi connectivity index (χ3v) is 13.9. The Morgan fingerprint density at radius 3 is 1.50 bits per heavy atom. The van der Waals surface area contributed by atoms with Gasteiger partial charge in [0.15, 0.2) is 0 Å². The zero-order chi connectivity index (χ0) is 14.0. The van der Waals surface area contributed by atoms with E-state index in [0.29, 0.717) is 0 Å². The fraction of sp³-hybridized carbons (Fsp3) is 0.400. The van der Waals surface area contributed by atoms with Crippen molar-refractivity contribution in [3.63, 3.8) is 0 Å². The molecule has 0 fully saturated rings. The van der Waals surface area contributed by atoms with Crippen molar-refractivity contribution in [1.82, 2.24) is 0 Å². The summed E-state index contributed by atoms with van der Waals surface area (Å²) in [5, 5.41) is 0. The van der Waals surface area contributed by atoms with Gasteiger partial charge in [0, 0.05) is 0 Å². The first-order chi connectivity index (χ1) is 8.27. The summed E-state index contributed by atoms with van der Waals surface area (Å²) in [6.45, 7) is 0. The monoisotopic (exact) mass is 498 g/mol. The quantitative estimate of drug-likeness (QED) is 0.486. The van der Waals surface area contributed by atoms with Crippen LogP contribution in [-0.4, -0.2) is 58.4 Å². The Labute approximate surface area is 124 Å². The molecule has 1 aromatic carbocycles. The molecule has 0 saturated carbocycles. The minimum atomic E-state index is -3.66. The summed E-state index contributed by atoms with van der Waals surface area (Å²) in [6.07, 6.45) is 0. The molecular weight excluding hydrogens is 484 g/mol. The van der Waals surface area contributed by atoms with Crippen LogP contribution in [0.25, 0.3) is 0 Å². The molecule has 0 N–H and O–H groups in total. The Balaban J connectivity index is 3.82. The van der Waals surface area contributed by atoms with Gasteiger partial charge in [-0.15, -0.1) is 0 Å². The average Bonchev–Trinajstić information content (AvgIpc) is 2.26. The van der Waals surface area contributed by atoms with E-state index in [0.717, 1.165) is 8.70 Å². The van der Waals surface area contributed by atoms with Gasteiger partial charge in [-0.25, -0.2) is 0 Å². The van der Waals surface area contributed by atoms with Crippen LogP contribution in [0.1, 0.15) is 0 Å². The summed E-state index contributed by atoms with van der Waals surface area (Å²) in [5.41, 5.74) is 8.40. The van der Waals surface area contributed by atoms with Crippen LogP contribution < -0.4 is 17.4 Å². The van der Waals surface area contributed by atoms with Crippen LogP contribution in [0.2, 0.25) is 22.8 Å². The number of hydrogen-bond donors (Lipinski definition) is 0. The maximum absolute atomic E-state index is 11.5. The number of hydrogen-bond acceptors (Lipinski definition) is 4. The first-order valence-electron chi connectivity index (χ1n) is 5.07. The standard InChI is InChI=1S/C10H14As4O4/c1-11(2)7-5-6-8(13(15)16)10(14(17)18)9(7)12(3)4/h5-6H,1-4H3. The average molecular weight is 498 g/mol. The first kappa shape index (κ1) is 16.7. The maximum atomic E-state index is 11.5. The van der Waals surface area contributed by atoms with E-state index in [-0.39, 0.29) is 8.70 Å². The van der Waals surface area contributed by atoms with E-state index in [1.165, 1.54) is 6.07 Å². The fourth-order valence-corrected chi connectivity index (χ4v) is 18.1. The fourth-order valence-electron chi connectivity index (χ4n) is 1.69. The van der Waals surface area contributed by atoms with Crippen molar-refractivity contribution in [2.75, 3.05) is 0 Å². The summed E-state index contributed by atoms with van der Waals surface area (Å²) in [4.78, 5) is 0. The Bertz CT molecular complexity index is 584. The molecule has 0 spiro atoms. The molecule has 0 amide bonds. The van der Waals surface area contributed by atoms with Crippen molar-refractivity contribution in [3.8, 4) is 0 Å². The molecule has 0 unspecified atom stereocenters. The first-order valence-corrected chi connectivity index (χ1v) is 19.4. The van der Waals surface area contributed by atoms with Gasteiger partial charge in [-0.05, 0) is 0 Å². The van der Waals surface area contributed by atoms with E-state index < -0.39 is 58.4 Å². The Morgan fingerprint density at radius 1 is 0.667 bits per heavy atom. The van der Waals surface area contributed by atoms with Crippen LogP contribution in [0, 0.1) is 0 Å². The second kappa shape index (κ2) is 6.89. The molecule has 1 aromatic rings. The van der Waals surface area contributed by atoms with E-state index in [1.54, 1.807) is 0 Å². The Hall–Kier alpha value is 0.654. The van der Waals surface area contributed by atoms with Gasteiger partial charge in [-0.2, -0.15) is 0 Å². The Kier molecular flexibility index (Phi) is 6.40. The van der Waals surface area contributed by atoms with Crippen molar-refractivity contribution in [2.45, 2.75) is 22.8 Å².